The van der Waals surface area contributed by atoms with Crippen molar-refractivity contribution >= 4 is 31.8 Å². The average Bonchev–Trinajstić information content (AvgIpc) is 2.75. The fourth-order valence-corrected chi connectivity index (χ4v) is 2.71. The summed E-state index contributed by atoms with van der Waals surface area (Å²) in [5.41, 5.74) is 0. The predicted octanol–water partition coefficient (Wildman–Crippen LogP) is 0.621. The predicted molar refractivity (Wildman–Crippen MR) is 55.9 cm³/mol. The Kier molecular flexibility index (Phi) is 2.55. The van der Waals surface area contributed by atoms with Crippen molar-refractivity contribution in [3.8, 4) is 0 Å². The lowest BCUT2D eigenvalue weighted by molar-refractivity contribution is 1.05. The van der Waals surface area contributed by atoms with Gasteiger partial charge in [0.25, 0.3) is 0 Å². The van der Waals surface area contributed by atoms with Crippen molar-refractivity contribution in [2.24, 2.45) is 4.99 Å². The minimum absolute atomic E-state index is 0.483. The quantitative estimate of drug-likeness (QED) is 0.765. The fraction of sp³-hybridized carbons (Fsp3) is 0.333. The summed E-state index contributed by atoms with van der Waals surface area (Å²) in [6.45, 7) is 0. The summed E-state index contributed by atoms with van der Waals surface area (Å²) in [5, 5.41) is 7.29. The summed E-state index contributed by atoms with van der Waals surface area (Å²) in [6.07, 6.45) is 1.42. The minimum Gasteiger partial charge on any atom is -0.353 e. The summed E-state index contributed by atoms with van der Waals surface area (Å²) in [4.78, 5) is 15.0. The first-order valence-corrected chi connectivity index (χ1v) is 5.95. The number of hydrogen-bond donors (Lipinski definition) is 1. The molecule has 8 heteroatoms. The molecular formula is C6H8N6S2. The van der Waals surface area contributed by atoms with Gasteiger partial charge in [-0.05, 0) is 20.7 Å². The highest BCUT2D eigenvalue weighted by Gasteiger charge is 2.00. The smallest absolute Gasteiger partial charge is 0.247 e. The van der Waals surface area contributed by atoms with Crippen LogP contribution in [0.4, 0.5) is 11.1 Å². The van der Waals surface area contributed by atoms with Crippen LogP contribution in [-0.2, 0) is 0 Å². The largest absolute Gasteiger partial charge is 0.353 e. The first-order valence-electron chi connectivity index (χ1n) is 3.80. The maximum atomic E-state index is 4.29. The summed E-state index contributed by atoms with van der Waals surface area (Å²) >= 11 is 0. The average molecular weight is 228 g/mol. The molecular weight excluding hydrogens is 220 g/mol. The van der Waals surface area contributed by atoms with E-state index in [0.29, 0.717) is 10.7 Å². The highest BCUT2D eigenvalue weighted by Crippen LogP contribution is 2.15. The molecule has 6 nitrogen and oxygen atoms in total. The molecule has 2 aromatic heterocycles. The van der Waals surface area contributed by atoms with Gasteiger partial charge in [0, 0.05) is 14.1 Å². The van der Waals surface area contributed by atoms with Crippen LogP contribution in [0.1, 0.15) is 0 Å². The Labute approximate surface area is 87.4 Å². The van der Waals surface area contributed by atoms with E-state index in [2.05, 4.69) is 25.2 Å². The van der Waals surface area contributed by atoms with Crippen LogP contribution in [0.5, 0.6) is 0 Å². The number of anilines is 1. The molecule has 2 heterocycles. The van der Waals surface area contributed by atoms with Crippen molar-refractivity contribution in [2.75, 3.05) is 19.0 Å². The molecule has 0 aliphatic carbocycles. The molecule has 0 aromatic carbocycles. The van der Waals surface area contributed by atoms with Crippen molar-refractivity contribution in [3.05, 3.63) is 11.1 Å². The van der Waals surface area contributed by atoms with Crippen molar-refractivity contribution in [1.29, 1.82) is 0 Å². The Morgan fingerprint density at radius 1 is 1.43 bits per heavy atom. The molecule has 0 unspecified atom stereocenters. The van der Waals surface area contributed by atoms with Crippen LogP contribution in [0, 0.1) is 0 Å². The van der Waals surface area contributed by atoms with Crippen molar-refractivity contribution < 1.29 is 0 Å². The third kappa shape index (κ3) is 1.96. The van der Waals surface area contributed by atoms with E-state index >= 15 is 0 Å². The van der Waals surface area contributed by atoms with Crippen LogP contribution in [0.25, 0.3) is 0 Å². The monoisotopic (exact) mass is 228 g/mol. The standard InChI is InChI=1S/C6H8N6S2/c1-12(2)6-10-5(13-14-6)9-4-7-3-8-11-4/h3H,1-2H3,(H,7,8,11)/b9-5-. The lowest BCUT2D eigenvalue weighted by Crippen LogP contribution is -2.10. The molecule has 0 spiro atoms. The first-order chi connectivity index (χ1) is 6.75. The zero-order chi connectivity index (χ0) is 9.97. The van der Waals surface area contributed by atoms with Gasteiger partial charge in [0.15, 0.2) is 5.13 Å². The van der Waals surface area contributed by atoms with Crippen molar-refractivity contribution in [1.82, 2.24) is 20.2 Å². The SMILES string of the molecule is CN(C)c1n/c(=N/c2ncn[nH]2)ss1. The summed E-state index contributed by atoms with van der Waals surface area (Å²) in [7, 11) is 6.99. The van der Waals surface area contributed by atoms with Gasteiger partial charge < -0.3 is 4.90 Å². The number of hydrogen-bond acceptors (Lipinski definition) is 7. The number of rotatable bonds is 2. The lowest BCUT2D eigenvalue weighted by atomic mass is 10.9. The molecule has 0 atom stereocenters. The van der Waals surface area contributed by atoms with Crippen LogP contribution in [0.15, 0.2) is 11.3 Å². The Morgan fingerprint density at radius 3 is 2.86 bits per heavy atom. The van der Waals surface area contributed by atoms with Gasteiger partial charge in [-0.2, -0.15) is 20.1 Å². The Morgan fingerprint density at radius 2 is 2.29 bits per heavy atom. The Bertz CT molecular complexity index is 453. The molecule has 2 rings (SSSR count). The van der Waals surface area contributed by atoms with Crippen molar-refractivity contribution in [3.63, 3.8) is 0 Å². The van der Waals surface area contributed by atoms with E-state index in [0.717, 1.165) is 5.13 Å². The molecule has 14 heavy (non-hydrogen) atoms. The van der Waals surface area contributed by atoms with E-state index in [1.807, 2.05) is 19.0 Å². The van der Waals surface area contributed by atoms with Gasteiger partial charge in [-0.25, -0.2) is 5.10 Å². The molecule has 0 aliphatic heterocycles. The second-order valence-corrected chi connectivity index (χ2v) is 4.72. The van der Waals surface area contributed by atoms with Gasteiger partial charge in [0.1, 0.15) is 6.33 Å². The Hall–Kier alpha value is -1.28. The summed E-state index contributed by atoms with van der Waals surface area (Å²) < 4.78 is 0. The normalized spacial score (nSPS) is 12.0. The maximum absolute atomic E-state index is 4.29. The fourth-order valence-electron chi connectivity index (χ4n) is 0.755. The van der Waals surface area contributed by atoms with Crippen LogP contribution >= 0.6 is 20.7 Å². The lowest BCUT2D eigenvalue weighted by Gasteiger charge is -2.03. The third-order valence-electron chi connectivity index (χ3n) is 1.37. The second-order valence-electron chi connectivity index (χ2n) is 2.66. The second kappa shape index (κ2) is 3.84. The summed E-state index contributed by atoms with van der Waals surface area (Å²) in [6, 6.07) is 0. The van der Waals surface area contributed by atoms with Gasteiger partial charge >= 0.3 is 0 Å². The number of H-pyrrole nitrogens is 1. The van der Waals surface area contributed by atoms with Crippen LogP contribution < -0.4 is 9.70 Å². The highest BCUT2D eigenvalue weighted by molar-refractivity contribution is 7.69. The van der Waals surface area contributed by atoms with Gasteiger partial charge in [-0.15, -0.1) is 0 Å². The van der Waals surface area contributed by atoms with E-state index < -0.39 is 0 Å². The molecule has 2 aromatic rings. The van der Waals surface area contributed by atoms with E-state index in [4.69, 9.17) is 0 Å². The van der Waals surface area contributed by atoms with Gasteiger partial charge in [-0.1, -0.05) is 0 Å². The number of aromatic amines is 1. The van der Waals surface area contributed by atoms with Gasteiger partial charge in [0.05, 0.1) is 0 Å². The van der Waals surface area contributed by atoms with E-state index in [1.54, 1.807) is 10.3 Å². The molecule has 0 saturated heterocycles. The maximum Gasteiger partial charge on any atom is 0.247 e. The van der Waals surface area contributed by atoms with E-state index in [9.17, 15) is 0 Å². The summed E-state index contributed by atoms with van der Waals surface area (Å²) in [5.74, 6) is 0.483. The zero-order valence-electron chi connectivity index (χ0n) is 7.63. The molecule has 74 valence electrons. The molecule has 0 fully saturated rings. The topological polar surface area (TPSA) is 70.1 Å². The van der Waals surface area contributed by atoms with Gasteiger partial charge in [0.2, 0.25) is 10.7 Å². The van der Waals surface area contributed by atoms with E-state index in [1.165, 1.54) is 16.7 Å². The molecule has 0 bridgehead atoms. The molecule has 0 amide bonds. The number of nitrogens with one attached hydrogen (secondary N) is 1. The Balaban J connectivity index is 2.33. The van der Waals surface area contributed by atoms with E-state index in [-0.39, 0.29) is 0 Å². The van der Waals surface area contributed by atoms with Crippen LogP contribution in [0.2, 0.25) is 0 Å². The first kappa shape index (κ1) is 9.28. The third-order valence-corrected chi connectivity index (χ3v) is 3.53. The highest BCUT2D eigenvalue weighted by atomic mass is 32.9. The molecule has 0 aliphatic rings. The van der Waals surface area contributed by atoms with Crippen LogP contribution in [-0.4, -0.2) is 34.3 Å². The molecule has 0 saturated carbocycles. The van der Waals surface area contributed by atoms with Crippen molar-refractivity contribution in [2.45, 2.75) is 0 Å². The molecule has 0 radical (unpaired) electrons. The minimum atomic E-state index is 0.483. The zero-order valence-corrected chi connectivity index (χ0v) is 9.26. The van der Waals surface area contributed by atoms with Crippen LogP contribution in [0.3, 0.4) is 0 Å². The molecule has 1 N–H and O–H groups in total. The number of aromatic nitrogens is 4. The van der Waals surface area contributed by atoms with Gasteiger partial charge in [-0.3, -0.25) is 0 Å². The number of nitrogens with zero attached hydrogens (tertiary/aromatic N) is 5.